The fourth-order valence-electron chi connectivity index (χ4n) is 2.42. The van der Waals surface area contributed by atoms with Crippen molar-refractivity contribution in [1.82, 2.24) is 15.2 Å². The molecule has 2 saturated heterocycles. The van der Waals surface area contributed by atoms with Crippen LogP contribution in [0, 0.1) is 0 Å². The van der Waals surface area contributed by atoms with Gasteiger partial charge < -0.3 is 9.80 Å². The van der Waals surface area contributed by atoms with Crippen molar-refractivity contribution in [2.24, 2.45) is 0 Å². The standard InChI is InChI=1S/C13H14N4O3/c18-8-9-1-2-11(14-5-9)16-6-10(7-16)17-4-3-12(19)15-13(17)20/h1-2,5,8,10H,3-4,6-7H2,(H,15,19,20). The average Bonchev–Trinajstić information content (AvgIpc) is 2.40. The minimum absolute atomic E-state index is 0.107. The van der Waals surface area contributed by atoms with Crippen LogP contribution in [-0.4, -0.2) is 53.8 Å². The number of amides is 3. The molecule has 3 rings (SSSR count). The van der Waals surface area contributed by atoms with Crippen LogP contribution < -0.4 is 10.2 Å². The zero-order valence-corrected chi connectivity index (χ0v) is 10.8. The number of carbonyl (C=O) groups excluding carboxylic acids is 3. The fraction of sp³-hybridized carbons (Fsp3) is 0.385. The molecule has 0 unspecified atom stereocenters. The lowest BCUT2D eigenvalue weighted by atomic mass is 10.1. The topological polar surface area (TPSA) is 82.6 Å². The molecular formula is C13H14N4O3. The van der Waals surface area contributed by atoms with Crippen molar-refractivity contribution in [3.8, 4) is 0 Å². The maximum atomic E-state index is 11.7. The summed E-state index contributed by atoms with van der Waals surface area (Å²) in [4.78, 5) is 41.3. The van der Waals surface area contributed by atoms with Crippen LogP contribution >= 0.6 is 0 Å². The Labute approximate surface area is 115 Å². The number of hydrogen-bond donors (Lipinski definition) is 1. The molecule has 1 aromatic rings. The van der Waals surface area contributed by atoms with E-state index < -0.39 is 0 Å². The quantitative estimate of drug-likeness (QED) is 0.786. The second-order valence-corrected chi connectivity index (χ2v) is 4.92. The van der Waals surface area contributed by atoms with Crippen molar-refractivity contribution >= 4 is 24.0 Å². The van der Waals surface area contributed by atoms with Gasteiger partial charge in [0.25, 0.3) is 0 Å². The molecule has 2 aliphatic heterocycles. The van der Waals surface area contributed by atoms with Gasteiger partial charge in [-0.1, -0.05) is 0 Å². The lowest BCUT2D eigenvalue weighted by Crippen LogP contribution is -2.65. The Morgan fingerprint density at radius 2 is 2.10 bits per heavy atom. The van der Waals surface area contributed by atoms with E-state index in [-0.39, 0.29) is 18.0 Å². The first kappa shape index (κ1) is 12.6. The van der Waals surface area contributed by atoms with E-state index in [0.29, 0.717) is 31.6 Å². The summed E-state index contributed by atoms with van der Waals surface area (Å²) in [5, 5.41) is 2.32. The summed E-state index contributed by atoms with van der Waals surface area (Å²) in [6.07, 6.45) is 2.64. The largest absolute Gasteiger partial charge is 0.352 e. The van der Waals surface area contributed by atoms with Gasteiger partial charge in [-0.25, -0.2) is 9.78 Å². The highest BCUT2D eigenvalue weighted by Gasteiger charge is 2.37. The molecule has 20 heavy (non-hydrogen) atoms. The first-order valence-electron chi connectivity index (χ1n) is 6.44. The zero-order chi connectivity index (χ0) is 14.1. The summed E-state index contributed by atoms with van der Waals surface area (Å²) < 4.78 is 0. The number of aldehydes is 1. The number of carbonyl (C=O) groups is 3. The number of urea groups is 1. The van der Waals surface area contributed by atoms with Gasteiger partial charge in [0.2, 0.25) is 5.91 Å². The maximum absolute atomic E-state index is 11.7. The van der Waals surface area contributed by atoms with Crippen molar-refractivity contribution < 1.29 is 14.4 Å². The van der Waals surface area contributed by atoms with E-state index >= 15 is 0 Å². The van der Waals surface area contributed by atoms with Crippen molar-refractivity contribution in [2.45, 2.75) is 12.5 Å². The molecule has 0 radical (unpaired) electrons. The van der Waals surface area contributed by atoms with Gasteiger partial charge in [0, 0.05) is 37.8 Å². The predicted molar refractivity (Wildman–Crippen MR) is 70.5 cm³/mol. The Balaban J connectivity index is 1.59. The molecular weight excluding hydrogens is 260 g/mol. The van der Waals surface area contributed by atoms with E-state index in [9.17, 15) is 14.4 Å². The molecule has 2 aliphatic rings. The normalized spacial score (nSPS) is 19.6. The molecule has 3 amide bonds. The lowest BCUT2D eigenvalue weighted by Gasteiger charge is -2.46. The summed E-state index contributed by atoms with van der Waals surface area (Å²) in [5.74, 6) is 0.578. The fourth-order valence-corrected chi connectivity index (χ4v) is 2.42. The van der Waals surface area contributed by atoms with Crippen LogP contribution in [0.1, 0.15) is 16.8 Å². The number of aromatic nitrogens is 1. The molecule has 0 spiro atoms. The van der Waals surface area contributed by atoms with Crippen molar-refractivity contribution in [1.29, 1.82) is 0 Å². The Morgan fingerprint density at radius 1 is 1.30 bits per heavy atom. The monoisotopic (exact) mass is 274 g/mol. The van der Waals surface area contributed by atoms with Gasteiger partial charge in [-0.05, 0) is 12.1 Å². The third kappa shape index (κ3) is 2.22. The Bertz CT molecular complexity index is 551. The van der Waals surface area contributed by atoms with Crippen molar-refractivity contribution in [2.75, 3.05) is 24.5 Å². The summed E-state index contributed by atoms with van der Waals surface area (Å²) in [5.41, 5.74) is 0.541. The number of pyridine rings is 1. The molecule has 7 nitrogen and oxygen atoms in total. The Morgan fingerprint density at radius 3 is 2.70 bits per heavy atom. The maximum Gasteiger partial charge on any atom is 0.324 e. The van der Waals surface area contributed by atoms with Crippen LogP contribution in [0.4, 0.5) is 10.6 Å². The number of rotatable bonds is 3. The van der Waals surface area contributed by atoms with E-state index in [2.05, 4.69) is 10.3 Å². The van der Waals surface area contributed by atoms with Crippen LogP contribution in [0.3, 0.4) is 0 Å². The number of imide groups is 1. The highest BCUT2D eigenvalue weighted by atomic mass is 16.2. The van der Waals surface area contributed by atoms with Gasteiger partial charge in [-0.3, -0.25) is 14.9 Å². The molecule has 0 aromatic carbocycles. The first-order chi connectivity index (χ1) is 9.67. The smallest absolute Gasteiger partial charge is 0.324 e. The average molecular weight is 274 g/mol. The zero-order valence-electron chi connectivity index (χ0n) is 10.8. The Hall–Kier alpha value is -2.44. The minimum Gasteiger partial charge on any atom is -0.352 e. The molecule has 7 heteroatoms. The summed E-state index contributed by atoms with van der Waals surface area (Å²) in [7, 11) is 0. The summed E-state index contributed by atoms with van der Waals surface area (Å²) in [6.45, 7) is 1.85. The Kier molecular flexibility index (Phi) is 3.09. The second-order valence-electron chi connectivity index (χ2n) is 4.92. The molecule has 1 N–H and O–H groups in total. The van der Waals surface area contributed by atoms with Gasteiger partial charge in [-0.15, -0.1) is 0 Å². The van der Waals surface area contributed by atoms with Gasteiger partial charge >= 0.3 is 6.03 Å². The van der Waals surface area contributed by atoms with Gasteiger partial charge in [-0.2, -0.15) is 0 Å². The van der Waals surface area contributed by atoms with Crippen LogP contribution in [-0.2, 0) is 4.79 Å². The number of hydrogen-bond acceptors (Lipinski definition) is 5. The van der Waals surface area contributed by atoms with Crippen LogP contribution in [0.5, 0.6) is 0 Å². The van der Waals surface area contributed by atoms with Gasteiger partial charge in [0.15, 0.2) is 6.29 Å². The van der Waals surface area contributed by atoms with Gasteiger partial charge in [0.1, 0.15) is 5.82 Å². The highest BCUT2D eigenvalue weighted by Crippen LogP contribution is 2.22. The number of nitrogens with zero attached hydrogens (tertiary/aromatic N) is 3. The van der Waals surface area contributed by atoms with Crippen LogP contribution in [0.15, 0.2) is 18.3 Å². The van der Waals surface area contributed by atoms with E-state index in [1.807, 2.05) is 4.90 Å². The molecule has 0 atom stereocenters. The molecule has 2 fully saturated rings. The minimum atomic E-state index is -0.310. The lowest BCUT2D eigenvalue weighted by molar-refractivity contribution is -0.121. The third-order valence-corrected chi connectivity index (χ3v) is 3.62. The van der Waals surface area contributed by atoms with Crippen molar-refractivity contribution in [3.63, 3.8) is 0 Å². The summed E-state index contributed by atoms with van der Waals surface area (Å²) >= 11 is 0. The molecule has 1 aromatic heterocycles. The summed E-state index contributed by atoms with van der Waals surface area (Å²) in [6, 6.07) is 3.31. The molecule has 3 heterocycles. The van der Waals surface area contributed by atoms with Crippen LogP contribution in [0.25, 0.3) is 0 Å². The predicted octanol–water partition coefficient (Wildman–Crippen LogP) is 0.0246. The molecule has 0 aliphatic carbocycles. The van der Waals surface area contributed by atoms with E-state index in [0.717, 1.165) is 12.1 Å². The van der Waals surface area contributed by atoms with Crippen molar-refractivity contribution in [3.05, 3.63) is 23.9 Å². The number of nitrogens with one attached hydrogen (secondary N) is 1. The third-order valence-electron chi connectivity index (χ3n) is 3.62. The van der Waals surface area contributed by atoms with E-state index in [4.69, 9.17) is 0 Å². The molecule has 104 valence electrons. The first-order valence-corrected chi connectivity index (χ1v) is 6.44. The van der Waals surface area contributed by atoms with E-state index in [1.54, 1.807) is 17.0 Å². The number of anilines is 1. The SMILES string of the molecule is O=Cc1ccc(N2CC(N3CCC(=O)NC3=O)C2)nc1. The second kappa shape index (κ2) is 4.92. The van der Waals surface area contributed by atoms with E-state index in [1.165, 1.54) is 6.20 Å². The molecule has 0 saturated carbocycles. The molecule has 0 bridgehead atoms. The van der Waals surface area contributed by atoms with Crippen LogP contribution in [0.2, 0.25) is 0 Å². The highest BCUT2D eigenvalue weighted by molar-refractivity contribution is 5.96. The van der Waals surface area contributed by atoms with Gasteiger partial charge in [0.05, 0.1) is 6.04 Å².